The molecule has 0 aliphatic rings. The van der Waals surface area contributed by atoms with Gasteiger partial charge in [-0.25, -0.2) is 0 Å². The maximum atomic E-state index is 11.7. The van der Waals surface area contributed by atoms with Gasteiger partial charge < -0.3 is 15.4 Å². The number of nitrogens with one attached hydrogen (secondary N) is 2. The molecule has 0 spiro atoms. The second-order valence-corrected chi connectivity index (χ2v) is 5.71. The van der Waals surface area contributed by atoms with Crippen molar-refractivity contribution in [2.45, 2.75) is 46.5 Å². The maximum Gasteiger partial charge on any atom is 0.220 e. The number of para-hydroxylation sites is 1. The van der Waals surface area contributed by atoms with Gasteiger partial charge in [-0.2, -0.15) is 0 Å². The maximum absolute atomic E-state index is 11.7. The highest BCUT2D eigenvalue weighted by molar-refractivity contribution is 5.75. The molecule has 23 heavy (non-hydrogen) atoms. The predicted molar refractivity (Wildman–Crippen MR) is 91.6 cm³/mol. The molecule has 0 heterocycles. The van der Waals surface area contributed by atoms with E-state index in [1.807, 2.05) is 32.0 Å². The van der Waals surface area contributed by atoms with Crippen molar-refractivity contribution in [1.29, 1.82) is 0 Å². The Morgan fingerprint density at radius 2 is 1.70 bits per heavy atom. The summed E-state index contributed by atoms with van der Waals surface area (Å²) in [5.74, 6) is 0.945. The van der Waals surface area contributed by atoms with Crippen molar-refractivity contribution in [2.75, 3.05) is 19.7 Å². The number of carbonyl (C=O) groups is 2. The van der Waals surface area contributed by atoms with E-state index in [0.717, 1.165) is 36.1 Å². The van der Waals surface area contributed by atoms with Crippen molar-refractivity contribution >= 4 is 11.8 Å². The van der Waals surface area contributed by atoms with Gasteiger partial charge in [-0.3, -0.25) is 9.59 Å². The van der Waals surface area contributed by atoms with Crippen LogP contribution in [-0.2, 0) is 9.59 Å². The Hall–Kier alpha value is -2.04. The van der Waals surface area contributed by atoms with E-state index < -0.39 is 0 Å². The van der Waals surface area contributed by atoms with Gasteiger partial charge in [0.25, 0.3) is 0 Å². The fraction of sp³-hybridized carbons (Fsp3) is 0.556. The van der Waals surface area contributed by atoms with Crippen LogP contribution in [0.25, 0.3) is 0 Å². The molecule has 128 valence electrons. The van der Waals surface area contributed by atoms with E-state index in [-0.39, 0.29) is 11.8 Å². The summed E-state index contributed by atoms with van der Waals surface area (Å²) in [6.07, 6.45) is 3.20. The van der Waals surface area contributed by atoms with E-state index in [1.165, 1.54) is 6.92 Å². The molecule has 1 aromatic rings. The normalized spacial score (nSPS) is 10.2. The number of aryl methyl sites for hydroxylation is 2. The zero-order valence-corrected chi connectivity index (χ0v) is 14.4. The first-order valence-corrected chi connectivity index (χ1v) is 8.21. The molecule has 0 unspecified atom stereocenters. The third-order valence-corrected chi connectivity index (χ3v) is 3.53. The lowest BCUT2D eigenvalue weighted by Gasteiger charge is -2.12. The van der Waals surface area contributed by atoms with Gasteiger partial charge in [0, 0.05) is 19.9 Å². The summed E-state index contributed by atoms with van der Waals surface area (Å²) >= 11 is 0. The minimum atomic E-state index is -0.00775. The Kier molecular flexibility index (Phi) is 8.80. The zero-order valence-electron chi connectivity index (χ0n) is 14.4. The Bertz CT molecular complexity index is 495. The van der Waals surface area contributed by atoms with Crippen LogP contribution >= 0.6 is 0 Å². The van der Waals surface area contributed by atoms with Gasteiger partial charge in [-0.05, 0) is 37.8 Å². The molecule has 0 aliphatic heterocycles. The SMILES string of the molecule is CC(=O)NCCCCCC(=O)NCCOc1c(C)cccc1C. The molecule has 2 N–H and O–H groups in total. The van der Waals surface area contributed by atoms with Crippen LogP contribution in [0.15, 0.2) is 18.2 Å². The second-order valence-electron chi connectivity index (χ2n) is 5.71. The average Bonchev–Trinajstić information content (AvgIpc) is 2.49. The quantitative estimate of drug-likeness (QED) is 0.651. The summed E-state index contributed by atoms with van der Waals surface area (Å²) in [7, 11) is 0. The van der Waals surface area contributed by atoms with Crippen LogP contribution in [0.5, 0.6) is 5.75 Å². The first-order valence-electron chi connectivity index (χ1n) is 8.21. The summed E-state index contributed by atoms with van der Waals surface area (Å²) in [6.45, 7) is 7.21. The second kappa shape index (κ2) is 10.6. The number of carbonyl (C=O) groups excluding carboxylic acids is 2. The van der Waals surface area contributed by atoms with Crippen LogP contribution < -0.4 is 15.4 Å². The molecule has 0 atom stereocenters. The first-order chi connectivity index (χ1) is 11.0. The van der Waals surface area contributed by atoms with E-state index in [2.05, 4.69) is 10.6 Å². The molecule has 0 bridgehead atoms. The Morgan fingerprint density at radius 1 is 1.00 bits per heavy atom. The molecule has 0 fully saturated rings. The molecule has 5 nitrogen and oxygen atoms in total. The lowest BCUT2D eigenvalue weighted by molar-refractivity contribution is -0.121. The minimum Gasteiger partial charge on any atom is -0.491 e. The number of ether oxygens (including phenoxy) is 1. The van der Waals surface area contributed by atoms with Crippen molar-refractivity contribution < 1.29 is 14.3 Å². The molecule has 0 saturated heterocycles. The highest BCUT2D eigenvalue weighted by Gasteiger charge is 2.04. The summed E-state index contributed by atoms with van der Waals surface area (Å²) in [5.41, 5.74) is 2.21. The van der Waals surface area contributed by atoms with Gasteiger partial charge >= 0.3 is 0 Å². The molecule has 1 rings (SSSR count). The van der Waals surface area contributed by atoms with Crippen LogP contribution in [0.4, 0.5) is 0 Å². The Balaban J connectivity index is 2.07. The fourth-order valence-corrected chi connectivity index (χ4v) is 2.31. The smallest absolute Gasteiger partial charge is 0.220 e. The average molecular weight is 320 g/mol. The Labute approximate surface area is 138 Å². The topological polar surface area (TPSA) is 67.4 Å². The van der Waals surface area contributed by atoms with E-state index in [1.54, 1.807) is 0 Å². The van der Waals surface area contributed by atoms with Gasteiger partial charge in [0.15, 0.2) is 0 Å². The van der Waals surface area contributed by atoms with Crippen LogP contribution in [0.2, 0.25) is 0 Å². The summed E-state index contributed by atoms with van der Waals surface area (Å²) < 4.78 is 5.74. The summed E-state index contributed by atoms with van der Waals surface area (Å²) in [6, 6.07) is 6.04. The van der Waals surface area contributed by atoms with Crippen LogP contribution in [0.3, 0.4) is 0 Å². The van der Waals surface area contributed by atoms with E-state index in [9.17, 15) is 9.59 Å². The molecule has 0 radical (unpaired) electrons. The molecule has 0 aromatic heterocycles. The highest BCUT2D eigenvalue weighted by Crippen LogP contribution is 2.21. The first kappa shape index (κ1) is 19.0. The zero-order chi connectivity index (χ0) is 17.1. The lowest BCUT2D eigenvalue weighted by atomic mass is 10.1. The molecule has 0 saturated carbocycles. The number of unbranched alkanes of at least 4 members (excludes halogenated alkanes) is 2. The van der Waals surface area contributed by atoms with Crippen molar-refractivity contribution in [3.63, 3.8) is 0 Å². The number of amides is 2. The summed E-state index contributed by atoms with van der Waals surface area (Å²) in [4.78, 5) is 22.4. The number of hydrogen-bond donors (Lipinski definition) is 2. The molecular weight excluding hydrogens is 292 g/mol. The van der Waals surface area contributed by atoms with Gasteiger partial charge in [0.1, 0.15) is 12.4 Å². The number of hydrogen-bond acceptors (Lipinski definition) is 3. The van der Waals surface area contributed by atoms with Gasteiger partial charge in [0.2, 0.25) is 11.8 Å². The predicted octanol–water partition coefficient (Wildman–Crippen LogP) is 2.49. The molecular formula is C18H28N2O3. The molecule has 2 amide bonds. The largest absolute Gasteiger partial charge is 0.491 e. The standard InChI is InChI=1S/C18H28N2O3/c1-14-8-7-9-15(2)18(14)23-13-12-20-17(22)10-5-4-6-11-19-16(3)21/h7-9H,4-6,10-13H2,1-3H3,(H,19,21)(H,20,22). The van der Waals surface area contributed by atoms with E-state index in [0.29, 0.717) is 26.1 Å². The van der Waals surface area contributed by atoms with Crippen LogP contribution in [0.1, 0.15) is 43.7 Å². The van der Waals surface area contributed by atoms with Gasteiger partial charge in [0.05, 0.1) is 6.54 Å². The Morgan fingerprint density at radius 3 is 2.35 bits per heavy atom. The van der Waals surface area contributed by atoms with Crippen molar-refractivity contribution in [3.8, 4) is 5.75 Å². The van der Waals surface area contributed by atoms with Crippen molar-refractivity contribution in [3.05, 3.63) is 29.3 Å². The molecule has 0 aliphatic carbocycles. The number of benzene rings is 1. The van der Waals surface area contributed by atoms with Crippen LogP contribution in [0, 0.1) is 13.8 Å². The van der Waals surface area contributed by atoms with Crippen molar-refractivity contribution in [2.24, 2.45) is 0 Å². The number of rotatable bonds is 10. The molecule has 1 aromatic carbocycles. The van der Waals surface area contributed by atoms with E-state index in [4.69, 9.17) is 4.74 Å². The third-order valence-electron chi connectivity index (χ3n) is 3.53. The van der Waals surface area contributed by atoms with Crippen molar-refractivity contribution in [1.82, 2.24) is 10.6 Å². The summed E-state index contributed by atoms with van der Waals surface area (Å²) in [5, 5.41) is 5.61. The monoisotopic (exact) mass is 320 g/mol. The van der Waals surface area contributed by atoms with Gasteiger partial charge in [-0.1, -0.05) is 24.6 Å². The lowest BCUT2D eigenvalue weighted by Crippen LogP contribution is -2.28. The highest BCUT2D eigenvalue weighted by atomic mass is 16.5. The van der Waals surface area contributed by atoms with Gasteiger partial charge in [-0.15, -0.1) is 0 Å². The molecule has 5 heteroatoms. The van der Waals surface area contributed by atoms with Crippen LogP contribution in [-0.4, -0.2) is 31.5 Å². The fourth-order valence-electron chi connectivity index (χ4n) is 2.31. The minimum absolute atomic E-state index is 0.00775. The third kappa shape index (κ3) is 8.24. The van der Waals surface area contributed by atoms with E-state index >= 15 is 0 Å².